The van der Waals surface area contributed by atoms with Crippen LogP contribution >= 0.6 is 0 Å². The molecule has 0 saturated carbocycles. The van der Waals surface area contributed by atoms with Crippen LogP contribution in [0.5, 0.6) is 0 Å². The van der Waals surface area contributed by atoms with Gasteiger partial charge in [0, 0.05) is 59.2 Å². The zero-order valence-electron chi connectivity index (χ0n) is 19.6. The summed E-state index contributed by atoms with van der Waals surface area (Å²) in [7, 11) is -3.03. The Kier molecular flexibility index (Phi) is 32.5. The van der Waals surface area contributed by atoms with Crippen LogP contribution in [-0.4, -0.2) is 26.2 Å². The van der Waals surface area contributed by atoms with Crippen molar-refractivity contribution < 1.29 is 66.9 Å². The van der Waals surface area contributed by atoms with E-state index in [0.717, 1.165) is 19.3 Å². The Balaban J connectivity index is -0.000000793. The molecule has 0 aromatic rings. The van der Waals surface area contributed by atoms with E-state index in [9.17, 15) is 22.8 Å². The Morgan fingerprint density at radius 1 is 0.594 bits per heavy atom. The second-order valence-electron chi connectivity index (χ2n) is 7.82. The van der Waals surface area contributed by atoms with Gasteiger partial charge in [0.15, 0.2) is 0 Å². The first kappa shape index (κ1) is 36.3. The van der Waals surface area contributed by atoms with Gasteiger partial charge in [0.25, 0.3) is 0 Å². The maximum atomic E-state index is 11.0. The minimum atomic E-state index is -3.03. The monoisotopic (exact) mass is 622 g/mol. The van der Waals surface area contributed by atoms with E-state index < -0.39 is 28.8 Å². The molecule has 0 aliphatic rings. The number of thiol groups is 1. The van der Waals surface area contributed by atoms with Crippen molar-refractivity contribution in [1.29, 1.82) is 0 Å². The molecule has 0 unspecified atom stereocenters. The van der Waals surface area contributed by atoms with E-state index in [2.05, 4.69) is 11.1 Å². The molecule has 0 aromatic carbocycles. The summed E-state index contributed by atoms with van der Waals surface area (Å²) in [4.78, 5) is 30.8. The van der Waals surface area contributed by atoms with Crippen LogP contribution in [0, 0.1) is 39.9 Å². The second-order valence-corrected chi connectivity index (χ2v) is 8.45. The third-order valence-electron chi connectivity index (χ3n) is 4.78. The summed E-state index contributed by atoms with van der Waals surface area (Å²) in [6.07, 6.45) is 19.4. The normalized spacial score (nSPS) is 10.1. The summed E-state index contributed by atoms with van der Waals surface area (Å²) in [6.45, 7) is 2.26. The van der Waals surface area contributed by atoms with Gasteiger partial charge in [-0.05, 0) is 6.42 Å². The molecule has 10 heteroatoms. The summed E-state index contributed by atoms with van der Waals surface area (Å²) < 4.78 is 24.4. The molecule has 0 aromatic heterocycles. The fourth-order valence-electron chi connectivity index (χ4n) is 3.02. The van der Waals surface area contributed by atoms with E-state index in [0.29, 0.717) is 0 Å². The van der Waals surface area contributed by atoms with E-state index in [-0.39, 0.29) is 59.2 Å². The van der Waals surface area contributed by atoms with Crippen molar-refractivity contribution in [2.45, 2.75) is 122 Å². The van der Waals surface area contributed by atoms with Crippen LogP contribution in [0.4, 0.5) is 0 Å². The van der Waals surface area contributed by atoms with Crippen LogP contribution in [0.15, 0.2) is 0 Å². The number of carbonyl (C=O) groups excluding carboxylic acids is 3. The minimum absolute atomic E-state index is 0. The molecular formula is C22H44GdN2O6S. The van der Waals surface area contributed by atoms with Crippen molar-refractivity contribution in [2.75, 3.05) is 0 Å². The Hall–Kier alpha value is -0.315. The first-order chi connectivity index (χ1) is 14.8. The predicted molar refractivity (Wildman–Crippen MR) is 124 cm³/mol. The van der Waals surface area contributed by atoms with Crippen LogP contribution < -0.4 is 11.5 Å². The summed E-state index contributed by atoms with van der Waals surface area (Å²) in [6, 6.07) is 0. The van der Waals surface area contributed by atoms with Crippen LogP contribution in [0.3, 0.4) is 0 Å². The number of hydrogen-bond acceptors (Lipinski definition) is 6. The summed E-state index contributed by atoms with van der Waals surface area (Å²) in [5.41, 5.74) is 9.39. The summed E-state index contributed by atoms with van der Waals surface area (Å²) in [5, 5.41) is 0. The molecule has 0 heterocycles. The van der Waals surface area contributed by atoms with E-state index in [1.165, 1.54) is 77.0 Å². The zero-order chi connectivity index (χ0) is 23.7. The molecule has 0 rings (SSSR count). The van der Waals surface area contributed by atoms with Gasteiger partial charge in [-0.25, -0.2) is 0 Å². The van der Waals surface area contributed by atoms with Gasteiger partial charge in [0.05, 0.1) is 0 Å². The van der Waals surface area contributed by atoms with Gasteiger partial charge in [0.2, 0.25) is 11.8 Å². The third-order valence-corrected chi connectivity index (χ3v) is 5.13. The molecule has 4 N–H and O–H groups in total. The van der Waals surface area contributed by atoms with Gasteiger partial charge in [-0.1, -0.05) is 96.8 Å². The molecule has 0 spiro atoms. The molecule has 0 fully saturated rings. The number of nitrogens with two attached hydrogens (primary N) is 2. The van der Waals surface area contributed by atoms with Crippen molar-refractivity contribution in [2.24, 2.45) is 11.5 Å². The molecule has 2 amide bonds. The third kappa shape index (κ3) is 37.0. The van der Waals surface area contributed by atoms with E-state index in [1.54, 1.807) is 0 Å². The van der Waals surface area contributed by atoms with Crippen LogP contribution in [0.2, 0.25) is 0 Å². The van der Waals surface area contributed by atoms with E-state index in [1.807, 2.05) is 0 Å². The van der Waals surface area contributed by atoms with Crippen LogP contribution in [-0.2, 0) is 29.6 Å². The molecule has 0 aliphatic heterocycles. The standard InChI is InChI=1S/C18H36O4S.C4H8N2O2.Gd/c1-2-3-4-5-6-7-8-9-10-11-12-13-14-15-16-17-18(19)22-23(20)21;5-3(7)1-2-4(6)8;/h23H,2-17H2,1H3;1-2H2,(H2,5,7)(H2,6,8);. The molecule has 8 nitrogen and oxygen atoms in total. The largest absolute Gasteiger partial charge is 0.370 e. The van der Waals surface area contributed by atoms with Crippen molar-refractivity contribution in [3.63, 3.8) is 0 Å². The Morgan fingerprint density at radius 2 is 0.906 bits per heavy atom. The Labute approximate surface area is 228 Å². The number of unbranched alkanes of at least 4 members (excludes halogenated alkanes) is 14. The molecule has 32 heavy (non-hydrogen) atoms. The zero-order valence-corrected chi connectivity index (χ0v) is 22.8. The van der Waals surface area contributed by atoms with Crippen LogP contribution in [0.25, 0.3) is 0 Å². The van der Waals surface area contributed by atoms with Gasteiger partial charge < -0.3 is 15.7 Å². The van der Waals surface area contributed by atoms with E-state index in [4.69, 9.17) is 11.5 Å². The topological polar surface area (TPSA) is 147 Å². The molecular weight excluding hydrogens is 578 g/mol. The Morgan fingerprint density at radius 3 is 1.19 bits per heavy atom. The van der Waals surface area contributed by atoms with Gasteiger partial charge in [0.1, 0.15) is 0 Å². The van der Waals surface area contributed by atoms with Crippen molar-refractivity contribution in [1.82, 2.24) is 0 Å². The fourth-order valence-corrected chi connectivity index (χ4v) is 3.27. The average Bonchev–Trinajstić information content (AvgIpc) is 2.69. The van der Waals surface area contributed by atoms with Crippen LogP contribution in [0.1, 0.15) is 122 Å². The molecule has 0 radical (unpaired) electrons. The maximum absolute atomic E-state index is 11.0. The first-order valence-corrected chi connectivity index (χ1v) is 12.8. The van der Waals surface area contributed by atoms with Crippen molar-refractivity contribution in [3.8, 4) is 0 Å². The predicted octanol–water partition coefficient (Wildman–Crippen LogP) is 4.05. The minimum Gasteiger partial charge on any atom is -0.370 e. The molecule has 0 bridgehead atoms. The fraction of sp³-hybridized carbons (Fsp3) is 0.864. The van der Waals surface area contributed by atoms with Gasteiger partial charge in [-0.2, -0.15) is 8.42 Å². The molecule has 0 saturated heterocycles. The van der Waals surface area contributed by atoms with Crippen molar-refractivity contribution >= 4 is 28.8 Å². The summed E-state index contributed by atoms with van der Waals surface area (Å²) in [5.74, 6) is -1.62. The van der Waals surface area contributed by atoms with Gasteiger partial charge in [-0.3, -0.25) is 14.4 Å². The maximum Gasteiger partial charge on any atom is 0.321 e. The van der Waals surface area contributed by atoms with Crippen molar-refractivity contribution in [3.05, 3.63) is 0 Å². The number of hydrogen-bond donors (Lipinski definition) is 3. The number of primary amides is 2. The molecule has 0 atom stereocenters. The molecule has 0 aliphatic carbocycles. The van der Waals surface area contributed by atoms with E-state index >= 15 is 0 Å². The Bertz CT molecular complexity index is 523. The quantitative estimate of drug-likeness (QED) is 0.138. The van der Waals surface area contributed by atoms with Gasteiger partial charge >= 0.3 is 17.0 Å². The SMILES string of the molecule is CCCCCCCCCCCCCCCCCC(=O)O[SH](=O)=O.NC(=O)CCC(N)=O.[Gd]. The number of rotatable bonds is 20. The summed E-state index contributed by atoms with van der Waals surface area (Å²) >= 11 is 0. The smallest absolute Gasteiger partial charge is 0.321 e. The first-order valence-electron chi connectivity index (χ1n) is 11.7. The molecule has 192 valence electrons. The average molecular weight is 622 g/mol. The van der Waals surface area contributed by atoms with Gasteiger partial charge in [-0.15, -0.1) is 0 Å². The second kappa shape index (κ2) is 28.7. The number of carbonyl (C=O) groups is 3. The number of amides is 2.